The van der Waals surface area contributed by atoms with Crippen LogP contribution in [0.1, 0.15) is 26.7 Å². The molecule has 0 rings (SSSR count). The van der Waals surface area contributed by atoms with Crippen LogP contribution in [0.3, 0.4) is 0 Å². The van der Waals surface area contributed by atoms with Gasteiger partial charge in [-0.1, -0.05) is 0 Å². The van der Waals surface area contributed by atoms with Gasteiger partial charge in [0.25, 0.3) is 0 Å². The summed E-state index contributed by atoms with van der Waals surface area (Å²) in [5.41, 5.74) is 0.994. The molecule has 0 saturated heterocycles. The molecule has 0 radical (unpaired) electrons. The summed E-state index contributed by atoms with van der Waals surface area (Å²) in [7, 11) is 0. The molecule has 64 valence electrons. The molecule has 2 heteroatoms. The summed E-state index contributed by atoms with van der Waals surface area (Å²) < 4.78 is 3.55. The molecule has 0 amide bonds. The fraction of sp³-hybridized carbons (Fsp3) is 0.556. The molecule has 0 unspecified atom stereocenters. The minimum absolute atomic E-state index is 0.0274. The van der Waals surface area contributed by atoms with Crippen LogP contribution >= 0.6 is 11.6 Å². The first-order chi connectivity index (χ1) is 5.18. The van der Waals surface area contributed by atoms with Crippen molar-refractivity contribution in [3.63, 3.8) is 0 Å². The summed E-state index contributed by atoms with van der Waals surface area (Å²) in [5, 5.41) is 0.878. The van der Waals surface area contributed by atoms with E-state index in [9.17, 15) is 0 Å². The van der Waals surface area contributed by atoms with Crippen molar-refractivity contribution in [2.24, 2.45) is 0 Å². The zero-order chi connectivity index (χ0) is 8.69. The van der Waals surface area contributed by atoms with Crippen LogP contribution in [0.5, 0.6) is 0 Å². The van der Waals surface area contributed by atoms with Crippen LogP contribution < -0.4 is 0 Å². The predicted molar refractivity (Wildman–Crippen MR) is 54.2 cm³/mol. The van der Waals surface area contributed by atoms with Crippen LogP contribution in [0.2, 0.25) is 4.47 Å². The first-order valence-corrected chi connectivity index (χ1v) is 7.18. The van der Waals surface area contributed by atoms with E-state index in [-0.39, 0.29) is 20.9 Å². The SMILES string of the molecule is C=C(C)/C(Cl)=C/[Te]CCCC. The standard InChI is InChI=1S/C9H15ClTe/c1-4-5-6-11-7-9(10)8(2)3/h7H,2,4-6H2,1,3H3/b9-7-. The van der Waals surface area contributed by atoms with Gasteiger partial charge in [-0.3, -0.25) is 0 Å². The maximum absolute atomic E-state index is 5.89. The Bertz CT molecular complexity index is 150. The zero-order valence-corrected chi connectivity index (χ0v) is 10.3. The summed E-state index contributed by atoms with van der Waals surface area (Å²) >= 11 is 5.92. The van der Waals surface area contributed by atoms with Crippen molar-refractivity contribution < 1.29 is 0 Å². The Morgan fingerprint density at radius 1 is 1.64 bits per heavy atom. The van der Waals surface area contributed by atoms with Crippen LogP contribution in [0.4, 0.5) is 0 Å². The van der Waals surface area contributed by atoms with Crippen LogP contribution in [0, 0.1) is 0 Å². The van der Waals surface area contributed by atoms with Crippen molar-refractivity contribution >= 4 is 32.5 Å². The van der Waals surface area contributed by atoms with Gasteiger partial charge in [0.1, 0.15) is 0 Å². The van der Waals surface area contributed by atoms with Gasteiger partial charge in [0, 0.05) is 0 Å². The molecule has 0 saturated carbocycles. The number of rotatable bonds is 5. The molecule has 11 heavy (non-hydrogen) atoms. The average Bonchev–Trinajstić information content (AvgIpc) is 1.97. The Balaban J connectivity index is 3.48. The number of hydrogen-bond acceptors (Lipinski definition) is 0. The van der Waals surface area contributed by atoms with Gasteiger partial charge in [0.15, 0.2) is 0 Å². The monoisotopic (exact) mass is 288 g/mol. The summed E-state index contributed by atoms with van der Waals surface area (Å²) in [6, 6.07) is 0. The summed E-state index contributed by atoms with van der Waals surface area (Å²) in [6.45, 7) is 7.94. The number of hydrogen-bond donors (Lipinski definition) is 0. The number of halogens is 1. The quantitative estimate of drug-likeness (QED) is 0.412. The molecule has 0 atom stereocenters. The molecule has 0 bridgehead atoms. The number of allylic oxidation sites excluding steroid dienone is 2. The third-order valence-electron chi connectivity index (χ3n) is 1.21. The van der Waals surface area contributed by atoms with E-state index < -0.39 is 0 Å². The molecular weight excluding hydrogens is 271 g/mol. The number of unbranched alkanes of at least 4 members (excludes halogenated alkanes) is 1. The van der Waals surface area contributed by atoms with Gasteiger partial charge in [0.05, 0.1) is 0 Å². The molecule has 0 heterocycles. The molecule has 0 N–H and O–H groups in total. The topological polar surface area (TPSA) is 0 Å². The fourth-order valence-electron chi connectivity index (χ4n) is 0.460. The fourth-order valence-corrected chi connectivity index (χ4v) is 3.51. The van der Waals surface area contributed by atoms with Crippen molar-refractivity contribution in [1.29, 1.82) is 0 Å². The molecule has 0 nitrogen and oxygen atoms in total. The van der Waals surface area contributed by atoms with Gasteiger partial charge in [-0.05, 0) is 0 Å². The maximum atomic E-state index is 5.89. The Morgan fingerprint density at radius 2 is 2.27 bits per heavy atom. The first kappa shape index (κ1) is 11.6. The Kier molecular flexibility index (Phi) is 7.59. The van der Waals surface area contributed by atoms with Crippen LogP contribution in [0.25, 0.3) is 0 Å². The van der Waals surface area contributed by atoms with E-state index in [1.165, 1.54) is 17.3 Å². The Morgan fingerprint density at radius 3 is 2.73 bits per heavy atom. The van der Waals surface area contributed by atoms with Gasteiger partial charge in [-0.25, -0.2) is 0 Å². The normalized spacial score (nSPS) is 11.7. The zero-order valence-electron chi connectivity index (χ0n) is 7.19. The van der Waals surface area contributed by atoms with Gasteiger partial charge >= 0.3 is 85.0 Å². The second kappa shape index (κ2) is 7.22. The van der Waals surface area contributed by atoms with Crippen molar-refractivity contribution in [3.05, 3.63) is 21.3 Å². The van der Waals surface area contributed by atoms with E-state index in [4.69, 9.17) is 11.6 Å². The average molecular weight is 286 g/mol. The molecule has 0 aliphatic heterocycles. The van der Waals surface area contributed by atoms with Crippen LogP contribution in [-0.2, 0) is 0 Å². The summed E-state index contributed by atoms with van der Waals surface area (Å²) in [5.74, 6) is 0. The second-order valence-corrected chi connectivity index (χ2v) is 5.67. The van der Waals surface area contributed by atoms with E-state index in [1.54, 1.807) is 0 Å². The summed E-state index contributed by atoms with van der Waals surface area (Å²) in [6.07, 6.45) is 2.64. The first-order valence-electron chi connectivity index (χ1n) is 3.81. The van der Waals surface area contributed by atoms with E-state index in [0.29, 0.717) is 0 Å². The Hall–Kier alpha value is 0.560. The second-order valence-electron chi connectivity index (χ2n) is 2.47. The van der Waals surface area contributed by atoms with E-state index >= 15 is 0 Å². The third-order valence-corrected chi connectivity index (χ3v) is 4.69. The molecule has 0 aromatic carbocycles. The van der Waals surface area contributed by atoms with Gasteiger partial charge < -0.3 is 0 Å². The molecule has 0 aromatic rings. The van der Waals surface area contributed by atoms with E-state index in [2.05, 4.69) is 17.6 Å². The predicted octanol–water partition coefficient (Wildman–Crippen LogP) is 3.57. The van der Waals surface area contributed by atoms with Gasteiger partial charge in [-0.15, -0.1) is 0 Å². The molecule has 0 fully saturated rings. The van der Waals surface area contributed by atoms with Crippen LogP contribution in [-0.4, -0.2) is 20.9 Å². The van der Waals surface area contributed by atoms with Crippen molar-refractivity contribution in [2.75, 3.05) is 0 Å². The van der Waals surface area contributed by atoms with Crippen LogP contribution in [0.15, 0.2) is 21.3 Å². The van der Waals surface area contributed by atoms with Crippen molar-refractivity contribution in [1.82, 2.24) is 0 Å². The molecule has 0 aliphatic carbocycles. The van der Waals surface area contributed by atoms with E-state index in [1.807, 2.05) is 6.92 Å². The molecule has 0 aliphatic rings. The third kappa shape index (κ3) is 6.94. The Labute approximate surface area is 84.8 Å². The molecular formula is C9H15ClTe. The molecule has 0 aromatic heterocycles. The van der Waals surface area contributed by atoms with Gasteiger partial charge in [0.2, 0.25) is 0 Å². The van der Waals surface area contributed by atoms with E-state index in [0.717, 1.165) is 10.6 Å². The van der Waals surface area contributed by atoms with Crippen molar-refractivity contribution in [3.8, 4) is 0 Å². The van der Waals surface area contributed by atoms with Crippen molar-refractivity contribution in [2.45, 2.75) is 31.2 Å². The summed E-state index contributed by atoms with van der Waals surface area (Å²) in [4.78, 5) is 0. The van der Waals surface area contributed by atoms with Gasteiger partial charge in [-0.2, -0.15) is 0 Å². The minimum atomic E-state index is 0.0274. The molecule has 0 spiro atoms.